The third-order valence-electron chi connectivity index (χ3n) is 4.77. The zero-order valence-corrected chi connectivity index (χ0v) is 13.2. The summed E-state index contributed by atoms with van der Waals surface area (Å²) >= 11 is 0. The molecule has 1 aromatic heterocycles. The predicted octanol–water partition coefficient (Wildman–Crippen LogP) is 1.62. The van der Waals surface area contributed by atoms with Gasteiger partial charge in [0.25, 0.3) is 6.01 Å². The number of nitrogens with one attached hydrogen (secondary N) is 1. The molecule has 1 aromatic carbocycles. The van der Waals surface area contributed by atoms with Crippen molar-refractivity contribution < 1.29 is 9.21 Å². The molecule has 3 heterocycles. The second-order valence-electron chi connectivity index (χ2n) is 6.33. The van der Waals surface area contributed by atoms with E-state index in [1.807, 2.05) is 29.2 Å². The lowest BCUT2D eigenvalue weighted by molar-refractivity contribution is -0.132. The fourth-order valence-electron chi connectivity index (χ4n) is 3.41. The van der Waals surface area contributed by atoms with Gasteiger partial charge in [0.1, 0.15) is 5.52 Å². The number of rotatable bonds is 3. The van der Waals surface area contributed by atoms with E-state index in [0.29, 0.717) is 18.5 Å². The number of piperazine rings is 1. The van der Waals surface area contributed by atoms with E-state index in [1.54, 1.807) is 0 Å². The number of benzene rings is 1. The Morgan fingerprint density at radius 1 is 1.26 bits per heavy atom. The Labute approximate surface area is 135 Å². The predicted molar refractivity (Wildman–Crippen MR) is 88.4 cm³/mol. The molecule has 1 unspecified atom stereocenters. The lowest BCUT2D eigenvalue weighted by Crippen LogP contribution is -2.49. The van der Waals surface area contributed by atoms with E-state index in [-0.39, 0.29) is 5.91 Å². The van der Waals surface area contributed by atoms with Crippen molar-refractivity contribution in [1.29, 1.82) is 0 Å². The lowest BCUT2D eigenvalue weighted by Gasteiger charge is -2.34. The second kappa shape index (κ2) is 6.20. The van der Waals surface area contributed by atoms with Gasteiger partial charge in [0.2, 0.25) is 5.91 Å². The van der Waals surface area contributed by atoms with Crippen LogP contribution in [0.15, 0.2) is 28.7 Å². The van der Waals surface area contributed by atoms with Crippen LogP contribution < -0.4 is 10.2 Å². The topological polar surface area (TPSA) is 61.6 Å². The summed E-state index contributed by atoms with van der Waals surface area (Å²) in [5.41, 5.74) is 1.70. The lowest BCUT2D eigenvalue weighted by atomic mass is 10.1. The molecule has 6 heteroatoms. The molecule has 2 aromatic rings. The van der Waals surface area contributed by atoms with Gasteiger partial charge in [0.05, 0.1) is 0 Å². The highest BCUT2D eigenvalue weighted by molar-refractivity contribution is 5.77. The summed E-state index contributed by atoms with van der Waals surface area (Å²) in [4.78, 5) is 21.0. The Bertz CT molecular complexity index is 652. The van der Waals surface area contributed by atoms with Crippen LogP contribution in [0.3, 0.4) is 0 Å². The molecule has 4 rings (SSSR count). The van der Waals surface area contributed by atoms with Crippen molar-refractivity contribution in [2.75, 3.05) is 37.6 Å². The molecule has 0 aliphatic carbocycles. The molecular formula is C17H22N4O2. The van der Waals surface area contributed by atoms with Gasteiger partial charge < -0.3 is 19.5 Å². The molecule has 0 spiro atoms. The average molecular weight is 314 g/mol. The second-order valence-corrected chi connectivity index (χ2v) is 6.33. The molecule has 2 aliphatic rings. The first kappa shape index (κ1) is 14.5. The fraction of sp³-hybridized carbons (Fsp3) is 0.529. The van der Waals surface area contributed by atoms with Crippen LogP contribution >= 0.6 is 0 Å². The van der Waals surface area contributed by atoms with Gasteiger partial charge in [-0.3, -0.25) is 4.79 Å². The van der Waals surface area contributed by atoms with E-state index >= 15 is 0 Å². The summed E-state index contributed by atoms with van der Waals surface area (Å²) in [5, 5.41) is 3.39. The standard InChI is InChI=1S/C17H22N4O2/c22-16(12-13-4-3-7-18-13)20-8-10-21(11-9-20)17-19-14-5-1-2-6-15(14)23-17/h1-2,5-6,13,18H,3-4,7-12H2. The third-order valence-corrected chi connectivity index (χ3v) is 4.77. The van der Waals surface area contributed by atoms with Crippen LogP contribution in [0.25, 0.3) is 11.1 Å². The average Bonchev–Trinajstić information content (AvgIpc) is 3.24. The maximum atomic E-state index is 12.4. The van der Waals surface area contributed by atoms with Crippen LogP contribution in [-0.2, 0) is 4.79 Å². The van der Waals surface area contributed by atoms with Crippen LogP contribution in [0, 0.1) is 0 Å². The number of hydrogen-bond acceptors (Lipinski definition) is 5. The molecule has 2 fully saturated rings. The zero-order chi connectivity index (χ0) is 15.6. The molecular weight excluding hydrogens is 292 g/mol. The molecule has 6 nitrogen and oxygen atoms in total. The number of hydrogen-bond donors (Lipinski definition) is 1. The van der Waals surface area contributed by atoms with E-state index in [1.165, 1.54) is 6.42 Å². The van der Waals surface area contributed by atoms with Crippen molar-refractivity contribution in [3.63, 3.8) is 0 Å². The smallest absolute Gasteiger partial charge is 0.298 e. The first-order chi connectivity index (χ1) is 11.3. The highest BCUT2D eigenvalue weighted by Gasteiger charge is 2.26. The minimum Gasteiger partial charge on any atom is -0.423 e. The molecule has 1 atom stereocenters. The van der Waals surface area contributed by atoms with Crippen molar-refractivity contribution >= 4 is 23.0 Å². The summed E-state index contributed by atoms with van der Waals surface area (Å²) in [6, 6.07) is 8.83. The summed E-state index contributed by atoms with van der Waals surface area (Å²) < 4.78 is 5.81. The highest BCUT2D eigenvalue weighted by Crippen LogP contribution is 2.22. The van der Waals surface area contributed by atoms with E-state index in [9.17, 15) is 4.79 Å². The number of para-hydroxylation sites is 2. The number of carbonyl (C=O) groups excluding carboxylic acids is 1. The molecule has 1 N–H and O–H groups in total. The minimum atomic E-state index is 0.265. The summed E-state index contributed by atoms with van der Waals surface area (Å²) in [6.07, 6.45) is 2.93. The molecule has 2 aliphatic heterocycles. The van der Waals surface area contributed by atoms with Crippen LogP contribution in [0.4, 0.5) is 6.01 Å². The number of anilines is 1. The minimum absolute atomic E-state index is 0.265. The van der Waals surface area contributed by atoms with E-state index in [4.69, 9.17) is 4.42 Å². The van der Waals surface area contributed by atoms with Crippen LogP contribution in [0.5, 0.6) is 0 Å². The Balaban J connectivity index is 1.35. The Morgan fingerprint density at radius 2 is 2.09 bits per heavy atom. The van der Waals surface area contributed by atoms with Gasteiger partial charge in [0, 0.05) is 38.6 Å². The van der Waals surface area contributed by atoms with Gasteiger partial charge in [0.15, 0.2) is 5.58 Å². The van der Waals surface area contributed by atoms with Crippen molar-refractivity contribution in [2.45, 2.75) is 25.3 Å². The van der Waals surface area contributed by atoms with Gasteiger partial charge >= 0.3 is 0 Å². The van der Waals surface area contributed by atoms with Gasteiger partial charge in [-0.15, -0.1) is 0 Å². The summed E-state index contributed by atoms with van der Waals surface area (Å²) in [5.74, 6) is 0.265. The monoisotopic (exact) mass is 314 g/mol. The maximum absolute atomic E-state index is 12.4. The number of carbonyl (C=O) groups is 1. The number of aromatic nitrogens is 1. The Kier molecular flexibility index (Phi) is 3.91. The molecule has 23 heavy (non-hydrogen) atoms. The molecule has 0 bridgehead atoms. The van der Waals surface area contributed by atoms with Gasteiger partial charge in [-0.2, -0.15) is 4.98 Å². The normalized spacial score (nSPS) is 22.0. The highest BCUT2D eigenvalue weighted by atomic mass is 16.4. The van der Waals surface area contributed by atoms with Crippen LogP contribution in [0.2, 0.25) is 0 Å². The van der Waals surface area contributed by atoms with Crippen molar-refractivity contribution in [3.05, 3.63) is 24.3 Å². The van der Waals surface area contributed by atoms with Gasteiger partial charge in [-0.1, -0.05) is 12.1 Å². The Hall–Kier alpha value is -2.08. The van der Waals surface area contributed by atoms with Crippen molar-refractivity contribution in [2.24, 2.45) is 0 Å². The molecule has 2 saturated heterocycles. The SMILES string of the molecule is O=C(CC1CCCN1)N1CCN(c2nc3ccccc3o2)CC1. The number of oxazole rings is 1. The van der Waals surface area contributed by atoms with E-state index < -0.39 is 0 Å². The zero-order valence-electron chi connectivity index (χ0n) is 13.2. The number of fused-ring (bicyclic) bond motifs is 1. The summed E-state index contributed by atoms with van der Waals surface area (Å²) in [7, 11) is 0. The molecule has 0 radical (unpaired) electrons. The van der Waals surface area contributed by atoms with Gasteiger partial charge in [-0.05, 0) is 31.5 Å². The van der Waals surface area contributed by atoms with E-state index in [2.05, 4.69) is 15.2 Å². The largest absolute Gasteiger partial charge is 0.423 e. The number of nitrogens with zero attached hydrogens (tertiary/aromatic N) is 3. The summed E-state index contributed by atoms with van der Waals surface area (Å²) in [6.45, 7) is 4.07. The first-order valence-electron chi connectivity index (χ1n) is 8.41. The Morgan fingerprint density at radius 3 is 2.83 bits per heavy atom. The molecule has 0 saturated carbocycles. The first-order valence-corrected chi connectivity index (χ1v) is 8.41. The van der Waals surface area contributed by atoms with Crippen LogP contribution in [-0.4, -0.2) is 54.6 Å². The quantitative estimate of drug-likeness (QED) is 0.933. The van der Waals surface area contributed by atoms with E-state index in [0.717, 1.165) is 50.2 Å². The van der Waals surface area contributed by atoms with Gasteiger partial charge in [-0.25, -0.2) is 0 Å². The van der Waals surface area contributed by atoms with Crippen molar-refractivity contribution in [3.8, 4) is 0 Å². The fourth-order valence-corrected chi connectivity index (χ4v) is 3.41. The maximum Gasteiger partial charge on any atom is 0.298 e. The van der Waals surface area contributed by atoms with Crippen LogP contribution in [0.1, 0.15) is 19.3 Å². The third kappa shape index (κ3) is 3.03. The van der Waals surface area contributed by atoms with Crippen molar-refractivity contribution in [1.82, 2.24) is 15.2 Å². The molecule has 1 amide bonds. The number of amides is 1. The molecule has 122 valence electrons.